The highest BCUT2D eigenvalue weighted by molar-refractivity contribution is 7.92. The number of rotatable bonds is 10. The van der Waals surface area contributed by atoms with Gasteiger partial charge in [0.1, 0.15) is 12.3 Å². The molecule has 0 unspecified atom stereocenters. The van der Waals surface area contributed by atoms with Gasteiger partial charge in [-0.1, -0.05) is 35.9 Å². The fraction of sp³-hybridized carbons (Fsp3) is 0.200. The largest absolute Gasteiger partial charge is 0.492 e. The number of aryl methyl sites for hydroxylation is 2. The Hall–Kier alpha value is -4.08. The number of halogens is 1. The summed E-state index contributed by atoms with van der Waals surface area (Å²) in [5.74, 6) is -0.282. The van der Waals surface area contributed by atoms with Gasteiger partial charge in [0.05, 0.1) is 23.4 Å². The molecule has 3 aromatic carbocycles. The molecule has 0 aliphatic carbocycles. The number of hydrogen-bond donors (Lipinski definition) is 1. The summed E-state index contributed by atoms with van der Waals surface area (Å²) in [5, 5.41) is 4.53. The Morgan fingerprint density at radius 3 is 2.45 bits per heavy atom. The smallest absolute Gasteiger partial charge is 0.264 e. The monoisotopic (exact) mass is 578 g/mol. The molecule has 10 heteroatoms. The fourth-order valence-electron chi connectivity index (χ4n) is 4.40. The lowest BCUT2D eigenvalue weighted by Gasteiger charge is -2.25. The Morgan fingerprint density at radius 2 is 1.75 bits per heavy atom. The lowest BCUT2D eigenvalue weighted by molar-refractivity contribution is -0.119. The minimum absolute atomic E-state index is 0.0110. The molecule has 0 atom stereocenters. The zero-order valence-electron chi connectivity index (χ0n) is 22.8. The number of ether oxygens (including phenoxy) is 1. The fourth-order valence-corrected chi connectivity index (χ4v) is 5.95. The van der Waals surface area contributed by atoms with E-state index in [0.717, 1.165) is 32.5 Å². The van der Waals surface area contributed by atoms with Crippen LogP contribution in [0.4, 0.5) is 5.69 Å². The van der Waals surface area contributed by atoms with Crippen LogP contribution in [-0.4, -0.2) is 38.3 Å². The van der Waals surface area contributed by atoms with Crippen molar-refractivity contribution in [3.05, 3.63) is 106 Å². The second-order valence-corrected chi connectivity index (χ2v) is 11.5. The summed E-state index contributed by atoms with van der Waals surface area (Å²) in [6.07, 6.45) is 1.55. The predicted octanol–water partition coefficient (Wildman–Crippen LogP) is 5.80. The number of carbonyl (C=O) groups is 1. The lowest BCUT2D eigenvalue weighted by Crippen LogP contribution is -2.39. The molecule has 0 bridgehead atoms. The van der Waals surface area contributed by atoms with Gasteiger partial charge >= 0.3 is 0 Å². The van der Waals surface area contributed by atoms with E-state index in [1.54, 1.807) is 37.4 Å². The SMILES string of the molecule is CCOc1ccccc1N(CC(=O)N/N=C\c1cc(C)n(-c2cccc(C)c2)c1C)S(=O)(=O)c1ccc(Cl)cc1. The Balaban J connectivity index is 1.59. The number of hydrogen-bond acceptors (Lipinski definition) is 5. The van der Waals surface area contributed by atoms with E-state index < -0.39 is 22.5 Å². The molecule has 0 saturated carbocycles. The van der Waals surface area contributed by atoms with Crippen molar-refractivity contribution in [3.63, 3.8) is 0 Å². The molecule has 0 radical (unpaired) electrons. The number of carbonyl (C=O) groups excluding carboxylic acids is 1. The van der Waals surface area contributed by atoms with Crippen LogP contribution in [0.2, 0.25) is 5.02 Å². The van der Waals surface area contributed by atoms with Crippen molar-refractivity contribution >= 4 is 39.4 Å². The highest BCUT2D eigenvalue weighted by Crippen LogP contribution is 2.32. The molecule has 0 fully saturated rings. The van der Waals surface area contributed by atoms with E-state index in [1.165, 1.54) is 24.3 Å². The number of sulfonamides is 1. The number of aromatic nitrogens is 1. The lowest BCUT2D eigenvalue weighted by atomic mass is 10.2. The summed E-state index contributed by atoms with van der Waals surface area (Å²) in [6, 6.07) is 22.6. The van der Waals surface area contributed by atoms with Gasteiger partial charge < -0.3 is 9.30 Å². The third-order valence-electron chi connectivity index (χ3n) is 6.25. The topological polar surface area (TPSA) is 93.0 Å². The number of amides is 1. The first kappa shape index (κ1) is 28.9. The van der Waals surface area contributed by atoms with Gasteiger partial charge in [-0.2, -0.15) is 5.10 Å². The molecule has 0 aliphatic heterocycles. The van der Waals surface area contributed by atoms with E-state index in [0.29, 0.717) is 17.4 Å². The predicted molar refractivity (Wildman–Crippen MR) is 159 cm³/mol. The zero-order chi connectivity index (χ0) is 28.9. The normalized spacial score (nSPS) is 11.5. The minimum Gasteiger partial charge on any atom is -0.492 e. The Bertz CT molecular complexity index is 1650. The van der Waals surface area contributed by atoms with Gasteiger partial charge in [-0.15, -0.1) is 0 Å². The van der Waals surface area contributed by atoms with Gasteiger partial charge in [-0.3, -0.25) is 9.10 Å². The number of nitrogens with zero attached hydrogens (tertiary/aromatic N) is 3. The molecule has 1 amide bonds. The van der Waals surface area contributed by atoms with E-state index >= 15 is 0 Å². The number of hydrazone groups is 1. The number of benzene rings is 3. The van der Waals surface area contributed by atoms with Crippen LogP contribution >= 0.6 is 11.6 Å². The first-order valence-electron chi connectivity index (χ1n) is 12.7. The van der Waals surface area contributed by atoms with E-state index in [4.69, 9.17) is 16.3 Å². The summed E-state index contributed by atoms with van der Waals surface area (Å²) >= 11 is 5.97. The van der Waals surface area contributed by atoms with Crippen LogP contribution < -0.4 is 14.5 Å². The average molecular weight is 579 g/mol. The molecule has 1 N–H and O–H groups in total. The molecule has 8 nitrogen and oxygen atoms in total. The maximum atomic E-state index is 13.7. The van der Waals surface area contributed by atoms with Crippen LogP contribution in [0.25, 0.3) is 5.69 Å². The third kappa shape index (κ3) is 6.38. The van der Waals surface area contributed by atoms with E-state index in [-0.39, 0.29) is 10.6 Å². The molecule has 40 heavy (non-hydrogen) atoms. The van der Waals surface area contributed by atoms with Crippen molar-refractivity contribution in [3.8, 4) is 11.4 Å². The summed E-state index contributed by atoms with van der Waals surface area (Å²) in [5.41, 5.74) is 7.70. The highest BCUT2D eigenvalue weighted by Gasteiger charge is 2.29. The first-order valence-corrected chi connectivity index (χ1v) is 14.5. The van der Waals surface area contributed by atoms with Crippen LogP contribution in [-0.2, 0) is 14.8 Å². The Kier molecular flexibility index (Phi) is 8.96. The molecule has 4 aromatic rings. The highest BCUT2D eigenvalue weighted by atomic mass is 35.5. The van der Waals surface area contributed by atoms with Crippen molar-refractivity contribution in [1.29, 1.82) is 0 Å². The van der Waals surface area contributed by atoms with Crippen molar-refractivity contribution < 1.29 is 17.9 Å². The van der Waals surface area contributed by atoms with Crippen LogP contribution in [0.15, 0.2) is 88.9 Å². The van der Waals surface area contributed by atoms with Crippen LogP contribution in [0.3, 0.4) is 0 Å². The third-order valence-corrected chi connectivity index (χ3v) is 8.27. The van der Waals surface area contributed by atoms with Crippen LogP contribution in [0.1, 0.15) is 29.4 Å². The molecule has 0 aliphatic rings. The van der Waals surface area contributed by atoms with Gasteiger partial charge in [0, 0.05) is 27.7 Å². The van der Waals surface area contributed by atoms with Crippen molar-refractivity contribution in [2.75, 3.05) is 17.5 Å². The van der Waals surface area contributed by atoms with Crippen molar-refractivity contribution in [2.45, 2.75) is 32.6 Å². The average Bonchev–Trinajstić information content (AvgIpc) is 3.20. The quantitative estimate of drug-likeness (QED) is 0.190. The molecule has 0 saturated heterocycles. The van der Waals surface area contributed by atoms with Crippen molar-refractivity contribution in [2.24, 2.45) is 5.10 Å². The maximum Gasteiger partial charge on any atom is 0.264 e. The van der Waals surface area contributed by atoms with Crippen LogP contribution in [0.5, 0.6) is 5.75 Å². The molecule has 1 heterocycles. The summed E-state index contributed by atoms with van der Waals surface area (Å²) in [7, 11) is -4.15. The summed E-state index contributed by atoms with van der Waals surface area (Å²) in [4.78, 5) is 13.0. The molecule has 1 aromatic heterocycles. The first-order chi connectivity index (χ1) is 19.1. The number of nitrogens with one attached hydrogen (secondary N) is 1. The van der Waals surface area contributed by atoms with Gasteiger partial charge in [0.25, 0.3) is 15.9 Å². The Labute approximate surface area is 239 Å². The zero-order valence-corrected chi connectivity index (χ0v) is 24.3. The second kappa shape index (κ2) is 12.4. The van der Waals surface area contributed by atoms with Gasteiger partial charge in [0.2, 0.25) is 0 Å². The van der Waals surface area contributed by atoms with E-state index in [2.05, 4.69) is 21.2 Å². The molecule has 0 spiro atoms. The van der Waals surface area contributed by atoms with Crippen LogP contribution in [0, 0.1) is 20.8 Å². The van der Waals surface area contributed by atoms with E-state index in [1.807, 2.05) is 45.0 Å². The molecule has 208 valence electrons. The van der Waals surface area contributed by atoms with Gasteiger partial charge in [0.15, 0.2) is 0 Å². The Morgan fingerprint density at radius 1 is 1.02 bits per heavy atom. The van der Waals surface area contributed by atoms with Gasteiger partial charge in [-0.05, 0) is 87.9 Å². The van der Waals surface area contributed by atoms with Gasteiger partial charge in [-0.25, -0.2) is 13.8 Å². The number of anilines is 1. The molecular formula is C30H31ClN4O4S. The summed E-state index contributed by atoms with van der Waals surface area (Å²) in [6.45, 7) is 7.62. The minimum atomic E-state index is -4.15. The maximum absolute atomic E-state index is 13.7. The van der Waals surface area contributed by atoms with Crippen molar-refractivity contribution in [1.82, 2.24) is 9.99 Å². The standard InChI is InChI=1S/C30H31ClN4O4S/c1-5-39-29-12-7-6-11-28(29)34(40(37,38)27-15-13-25(31)14-16-27)20-30(36)33-32-19-24-18-22(3)35(23(24)4)26-10-8-9-21(2)17-26/h6-19H,5,20H2,1-4H3,(H,33,36)/b32-19-. The molecular weight excluding hydrogens is 548 g/mol. The summed E-state index contributed by atoms with van der Waals surface area (Å²) < 4.78 is 36.2. The second-order valence-electron chi connectivity index (χ2n) is 9.16. The number of para-hydroxylation sites is 2. The van der Waals surface area contributed by atoms with E-state index in [9.17, 15) is 13.2 Å². The molecule has 4 rings (SSSR count).